The molecule has 4 aliphatic rings. The molecule has 4 nitrogen and oxygen atoms in total. The van der Waals surface area contributed by atoms with Gasteiger partial charge in [-0.25, -0.2) is 4.98 Å². The van der Waals surface area contributed by atoms with E-state index in [1.54, 1.807) is 12.1 Å². The predicted molar refractivity (Wildman–Crippen MR) is 110 cm³/mol. The third-order valence-electron chi connectivity index (χ3n) is 7.18. The van der Waals surface area contributed by atoms with Crippen LogP contribution < -0.4 is 4.74 Å². The number of carbonyl (C=O) groups is 2. The van der Waals surface area contributed by atoms with Crippen molar-refractivity contribution in [1.29, 1.82) is 0 Å². The Labute approximate surface area is 175 Å². The molecule has 0 N–H and O–H groups in total. The van der Waals surface area contributed by atoms with Gasteiger partial charge in [0.05, 0.1) is 5.02 Å². The number of Topliss-reactive ketones (excluding diaryl/α,β-unsaturated/α-hetero) is 2. The van der Waals surface area contributed by atoms with E-state index in [1.807, 2.05) is 18.2 Å². The maximum atomic E-state index is 13.4. The number of carbonyl (C=O) groups excluding carboxylic acids is 2. The fourth-order valence-corrected chi connectivity index (χ4v) is 5.98. The summed E-state index contributed by atoms with van der Waals surface area (Å²) in [6.07, 6.45) is 6.71. The fourth-order valence-electron chi connectivity index (χ4n) is 5.87. The SMILES string of the molecule is CCc1ccc(Oc2ccc(Cl)cn2)cc1C1C(=O)C2C3CCC(CC3)C2C1=O. The monoisotopic (exact) mass is 409 g/mol. The Kier molecular flexibility index (Phi) is 4.70. The van der Waals surface area contributed by atoms with Crippen LogP contribution in [0.15, 0.2) is 36.5 Å². The Morgan fingerprint density at radius 2 is 1.66 bits per heavy atom. The standard InChI is InChI=1S/C24H24ClNO3/c1-2-13-7-9-17(29-19-10-8-16(25)12-26-19)11-18(13)22-23(27)20-14-3-4-15(6-5-14)21(20)24(22)28/h7-12,14-15,20-22H,2-6H2,1H3. The quantitative estimate of drug-likeness (QED) is 0.636. The van der Waals surface area contributed by atoms with Crippen LogP contribution in [-0.4, -0.2) is 16.6 Å². The lowest BCUT2D eigenvalue weighted by Crippen LogP contribution is -2.41. The van der Waals surface area contributed by atoms with Gasteiger partial charge < -0.3 is 4.74 Å². The molecule has 2 atom stereocenters. The van der Waals surface area contributed by atoms with E-state index in [9.17, 15) is 9.59 Å². The number of pyridine rings is 1. The number of nitrogens with zero attached hydrogens (tertiary/aromatic N) is 1. The number of rotatable bonds is 4. The molecule has 0 saturated heterocycles. The lowest BCUT2D eigenvalue weighted by Gasteiger charge is -2.43. The van der Waals surface area contributed by atoms with Crippen LogP contribution in [0, 0.1) is 23.7 Å². The minimum absolute atomic E-state index is 0.0628. The number of aromatic nitrogens is 1. The molecule has 150 valence electrons. The van der Waals surface area contributed by atoms with Gasteiger partial charge in [-0.05, 0) is 73.3 Å². The Morgan fingerprint density at radius 3 is 2.21 bits per heavy atom. The number of hydrogen-bond donors (Lipinski definition) is 0. The first-order valence-corrected chi connectivity index (χ1v) is 10.9. The van der Waals surface area contributed by atoms with Crippen molar-refractivity contribution >= 4 is 23.2 Å². The van der Waals surface area contributed by atoms with Gasteiger partial charge in [0.1, 0.15) is 11.7 Å². The molecule has 1 heterocycles. The molecule has 4 saturated carbocycles. The summed E-state index contributed by atoms with van der Waals surface area (Å²) in [5, 5.41) is 0.541. The molecule has 0 amide bonds. The molecular weight excluding hydrogens is 386 g/mol. The molecule has 2 aromatic rings. The number of ether oxygens (including phenoxy) is 1. The van der Waals surface area contributed by atoms with Gasteiger partial charge in [0.15, 0.2) is 11.6 Å². The second kappa shape index (κ2) is 7.24. The van der Waals surface area contributed by atoms with Crippen LogP contribution in [0.2, 0.25) is 5.02 Å². The van der Waals surface area contributed by atoms with Gasteiger partial charge in [0.25, 0.3) is 0 Å². The zero-order valence-corrected chi connectivity index (χ0v) is 17.2. The van der Waals surface area contributed by atoms with Crippen LogP contribution in [0.5, 0.6) is 11.6 Å². The van der Waals surface area contributed by atoms with E-state index in [0.717, 1.165) is 43.2 Å². The molecule has 2 unspecified atom stereocenters. The van der Waals surface area contributed by atoms with E-state index in [2.05, 4.69) is 11.9 Å². The smallest absolute Gasteiger partial charge is 0.219 e. The maximum absolute atomic E-state index is 13.4. The highest BCUT2D eigenvalue weighted by atomic mass is 35.5. The molecule has 1 aromatic heterocycles. The third-order valence-corrected chi connectivity index (χ3v) is 7.40. The van der Waals surface area contributed by atoms with Gasteiger partial charge in [-0.2, -0.15) is 0 Å². The first kappa shape index (κ1) is 18.8. The second-order valence-corrected chi connectivity index (χ2v) is 9.03. The fraction of sp³-hybridized carbons (Fsp3) is 0.458. The van der Waals surface area contributed by atoms with E-state index in [1.165, 1.54) is 6.20 Å². The molecule has 4 aliphatic carbocycles. The Bertz CT molecular complexity index is 933. The first-order chi connectivity index (χ1) is 14.1. The van der Waals surface area contributed by atoms with Crippen molar-refractivity contribution in [3.63, 3.8) is 0 Å². The van der Waals surface area contributed by atoms with Gasteiger partial charge in [0.2, 0.25) is 5.88 Å². The molecule has 5 heteroatoms. The van der Waals surface area contributed by atoms with Crippen molar-refractivity contribution in [2.75, 3.05) is 0 Å². The minimum Gasteiger partial charge on any atom is -0.439 e. The summed E-state index contributed by atoms with van der Waals surface area (Å²) in [7, 11) is 0. The lowest BCUT2D eigenvalue weighted by molar-refractivity contribution is -0.129. The lowest BCUT2D eigenvalue weighted by atomic mass is 9.59. The molecule has 2 bridgehead atoms. The third kappa shape index (κ3) is 3.09. The Balaban J connectivity index is 1.50. The van der Waals surface area contributed by atoms with Gasteiger partial charge in [-0.1, -0.05) is 24.6 Å². The van der Waals surface area contributed by atoms with Gasteiger partial charge in [0, 0.05) is 24.1 Å². The van der Waals surface area contributed by atoms with Crippen LogP contribution >= 0.6 is 11.6 Å². The van der Waals surface area contributed by atoms with Crippen LogP contribution in [-0.2, 0) is 16.0 Å². The number of aryl methyl sites for hydroxylation is 1. The second-order valence-electron chi connectivity index (χ2n) is 8.60. The van der Waals surface area contributed by atoms with Gasteiger partial charge in [-0.3, -0.25) is 9.59 Å². The molecule has 1 aromatic carbocycles. The van der Waals surface area contributed by atoms with Crippen molar-refractivity contribution in [3.8, 4) is 11.6 Å². The topological polar surface area (TPSA) is 56.3 Å². The molecule has 0 spiro atoms. The van der Waals surface area contributed by atoms with Crippen molar-refractivity contribution in [2.24, 2.45) is 23.7 Å². The highest BCUT2D eigenvalue weighted by Gasteiger charge is 2.59. The summed E-state index contributed by atoms with van der Waals surface area (Å²) in [5.41, 5.74) is 1.86. The van der Waals surface area contributed by atoms with Crippen LogP contribution in [0.3, 0.4) is 0 Å². The van der Waals surface area contributed by atoms with Crippen molar-refractivity contribution in [3.05, 3.63) is 52.7 Å². The molecular formula is C24H24ClNO3. The van der Waals surface area contributed by atoms with Crippen LogP contribution in [0.4, 0.5) is 0 Å². The van der Waals surface area contributed by atoms with Crippen molar-refractivity contribution in [1.82, 2.24) is 4.98 Å². The largest absolute Gasteiger partial charge is 0.439 e. The average molecular weight is 410 g/mol. The molecule has 29 heavy (non-hydrogen) atoms. The van der Waals surface area contributed by atoms with Crippen molar-refractivity contribution < 1.29 is 14.3 Å². The molecule has 6 rings (SSSR count). The van der Waals surface area contributed by atoms with E-state index >= 15 is 0 Å². The Hall–Kier alpha value is -2.20. The van der Waals surface area contributed by atoms with Crippen LogP contribution in [0.1, 0.15) is 49.7 Å². The number of halogens is 1. The summed E-state index contributed by atoms with van der Waals surface area (Å²) < 4.78 is 5.88. The zero-order chi connectivity index (χ0) is 20.1. The van der Waals surface area contributed by atoms with E-state index in [0.29, 0.717) is 28.5 Å². The normalized spacial score (nSPS) is 30.5. The number of benzene rings is 1. The first-order valence-electron chi connectivity index (χ1n) is 10.6. The van der Waals surface area contributed by atoms with Gasteiger partial charge >= 0.3 is 0 Å². The summed E-state index contributed by atoms with van der Waals surface area (Å²) in [5.74, 6) is 1.34. The number of fused-ring (bicyclic) bond motifs is 2. The van der Waals surface area contributed by atoms with E-state index < -0.39 is 5.92 Å². The number of hydrogen-bond acceptors (Lipinski definition) is 4. The molecule has 4 fully saturated rings. The number of ketones is 2. The summed E-state index contributed by atoms with van der Waals surface area (Å²) >= 11 is 5.89. The van der Waals surface area contributed by atoms with Crippen LogP contribution in [0.25, 0.3) is 0 Å². The summed E-state index contributed by atoms with van der Waals surface area (Å²) in [6, 6.07) is 9.13. The summed E-state index contributed by atoms with van der Waals surface area (Å²) in [4.78, 5) is 31.0. The minimum atomic E-state index is -0.636. The van der Waals surface area contributed by atoms with E-state index in [4.69, 9.17) is 16.3 Å². The van der Waals surface area contributed by atoms with E-state index in [-0.39, 0.29) is 23.4 Å². The highest BCUT2D eigenvalue weighted by molar-refractivity contribution is 6.30. The summed E-state index contributed by atoms with van der Waals surface area (Å²) in [6.45, 7) is 2.06. The highest BCUT2D eigenvalue weighted by Crippen LogP contribution is 2.56. The Morgan fingerprint density at radius 1 is 1.00 bits per heavy atom. The zero-order valence-electron chi connectivity index (χ0n) is 16.4. The molecule has 0 aliphatic heterocycles. The van der Waals surface area contributed by atoms with Gasteiger partial charge in [-0.15, -0.1) is 0 Å². The predicted octanol–water partition coefficient (Wildman–Crippen LogP) is 5.38. The molecule has 0 radical (unpaired) electrons. The van der Waals surface area contributed by atoms with Crippen molar-refractivity contribution in [2.45, 2.75) is 44.9 Å². The average Bonchev–Trinajstić information content (AvgIpc) is 3.03. The maximum Gasteiger partial charge on any atom is 0.219 e.